The van der Waals surface area contributed by atoms with Crippen molar-refractivity contribution in [1.82, 2.24) is 24.7 Å². The van der Waals surface area contributed by atoms with Gasteiger partial charge in [0.2, 0.25) is 0 Å². The molecule has 5 nitrogen and oxygen atoms in total. The maximum Gasteiger partial charge on any atom is 0.165 e. The first-order valence-electron chi connectivity index (χ1n) is 5.74. The molecule has 3 aromatic heterocycles. The van der Waals surface area contributed by atoms with Gasteiger partial charge < -0.3 is 4.57 Å². The third kappa shape index (κ3) is 1.55. The van der Waals surface area contributed by atoms with Gasteiger partial charge in [0.05, 0.1) is 5.52 Å². The van der Waals surface area contributed by atoms with Crippen molar-refractivity contribution >= 4 is 10.9 Å². The summed E-state index contributed by atoms with van der Waals surface area (Å²) in [5.41, 5.74) is 2.90. The second kappa shape index (κ2) is 3.87. The molecule has 0 N–H and O–H groups in total. The van der Waals surface area contributed by atoms with Crippen LogP contribution in [0.3, 0.4) is 0 Å². The van der Waals surface area contributed by atoms with Gasteiger partial charge in [-0.25, -0.2) is 0 Å². The fraction of sp³-hybridized carbons (Fsp3) is 0.231. The Balaban J connectivity index is 2.29. The van der Waals surface area contributed by atoms with Gasteiger partial charge in [-0.2, -0.15) is 0 Å². The minimum atomic E-state index is 0.836. The Morgan fingerprint density at radius 3 is 2.72 bits per heavy atom. The number of aryl methyl sites for hydroxylation is 2. The summed E-state index contributed by atoms with van der Waals surface area (Å²) >= 11 is 0. The third-order valence-electron chi connectivity index (χ3n) is 3.14. The van der Waals surface area contributed by atoms with Crippen LogP contribution < -0.4 is 0 Å². The first kappa shape index (κ1) is 10.8. The SMILES string of the molecule is Cc1nc2ccncc2cc1-c1nnc(C)n1C. The molecule has 0 aliphatic carbocycles. The zero-order valence-electron chi connectivity index (χ0n) is 10.5. The normalized spacial score (nSPS) is 11.1. The van der Waals surface area contributed by atoms with Gasteiger partial charge in [-0.15, -0.1) is 10.2 Å². The van der Waals surface area contributed by atoms with Crippen LogP contribution in [0.5, 0.6) is 0 Å². The minimum Gasteiger partial charge on any atom is -0.314 e. The highest BCUT2D eigenvalue weighted by atomic mass is 15.3. The van der Waals surface area contributed by atoms with E-state index in [-0.39, 0.29) is 0 Å². The molecule has 3 heterocycles. The molecular formula is C13H13N5. The van der Waals surface area contributed by atoms with Gasteiger partial charge in [0, 0.05) is 36.1 Å². The minimum absolute atomic E-state index is 0.836. The predicted octanol–water partition coefficient (Wildman–Crippen LogP) is 2.04. The van der Waals surface area contributed by atoms with Gasteiger partial charge in [0.25, 0.3) is 0 Å². The lowest BCUT2D eigenvalue weighted by atomic mass is 10.1. The molecule has 90 valence electrons. The summed E-state index contributed by atoms with van der Waals surface area (Å²) in [5.74, 6) is 1.72. The van der Waals surface area contributed by atoms with Crippen molar-refractivity contribution in [2.75, 3.05) is 0 Å². The van der Waals surface area contributed by atoms with Crippen LogP contribution in [0.1, 0.15) is 11.5 Å². The topological polar surface area (TPSA) is 56.5 Å². The molecule has 3 aromatic rings. The maximum absolute atomic E-state index is 4.58. The van der Waals surface area contributed by atoms with E-state index in [1.165, 1.54) is 0 Å². The van der Waals surface area contributed by atoms with E-state index in [0.29, 0.717) is 0 Å². The van der Waals surface area contributed by atoms with E-state index in [2.05, 4.69) is 26.2 Å². The summed E-state index contributed by atoms with van der Waals surface area (Å²) in [6.45, 7) is 3.92. The molecule has 0 amide bonds. The number of hydrogen-bond donors (Lipinski definition) is 0. The van der Waals surface area contributed by atoms with Crippen molar-refractivity contribution in [3.8, 4) is 11.4 Å². The lowest BCUT2D eigenvalue weighted by molar-refractivity contribution is 0.863. The summed E-state index contributed by atoms with van der Waals surface area (Å²) in [5, 5.41) is 9.30. The molecule has 5 heteroatoms. The zero-order chi connectivity index (χ0) is 12.7. The number of aromatic nitrogens is 5. The van der Waals surface area contributed by atoms with Gasteiger partial charge in [-0.3, -0.25) is 9.97 Å². The van der Waals surface area contributed by atoms with Crippen LogP contribution in [0.15, 0.2) is 24.5 Å². The molecule has 0 atom stereocenters. The monoisotopic (exact) mass is 239 g/mol. The Hall–Kier alpha value is -2.30. The summed E-state index contributed by atoms with van der Waals surface area (Å²) in [7, 11) is 1.96. The molecule has 0 fully saturated rings. The van der Waals surface area contributed by atoms with Gasteiger partial charge in [0.1, 0.15) is 5.82 Å². The first-order chi connectivity index (χ1) is 8.66. The Labute approximate surface area is 105 Å². The van der Waals surface area contributed by atoms with E-state index in [1.807, 2.05) is 37.7 Å². The second-order valence-corrected chi connectivity index (χ2v) is 4.32. The molecule has 0 aliphatic heterocycles. The van der Waals surface area contributed by atoms with Crippen molar-refractivity contribution in [3.63, 3.8) is 0 Å². The van der Waals surface area contributed by atoms with Crippen molar-refractivity contribution in [2.24, 2.45) is 7.05 Å². The number of rotatable bonds is 1. The molecule has 3 rings (SSSR count). The average Bonchev–Trinajstić information content (AvgIpc) is 2.69. The number of nitrogens with zero attached hydrogens (tertiary/aromatic N) is 5. The van der Waals surface area contributed by atoms with Gasteiger partial charge in [-0.1, -0.05) is 0 Å². The van der Waals surface area contributed by atoms with Crippen LogP contribution in [0, 0.1) is 13.8 Å². The average molecular weight is 239 g/mol. The molecular weight excluding hydrogens is 226 g/mol. The third-order valence-corrected chi connectivity index (χ3v) is 3.14. The van der Waals surface area contributed by atoms with Crippen LogP contribution in [-0.2, 0) is 7.05 Å². The molecule has 0 aromatic carbocycles. The Bertz CT molecular complexity index is 729. The van der Waals surface area contributed by atoms with Gasteiger partial charge >= 0.3 is 0 Å². The van der Waals surface area contributed by atoms with Gasteiger partial charge in [0.15, 0.2) is 5.82 Å². The van der Waals surface area contributed by atoms with Crippen LogP contribution in [0.2, 0.25) is 0 Å². The maximum atomic E-state index is 4.58. The number of hydrogen-bond acceptors (Lipinski definition) is 4. The highest BCUT2D eigenvalue weighted by molar-refractivity contribution is 5.82. The van der Waals surface area contributed by atoms with Crippen LogP contribution in [0.4, 0.5) is 0 Å². The van der Waals surface area contributed by atoms with E-state index in [1.54, 1.807) is 6.20 Å². The molecule has 0 saturated heterocycles. The number of fused-ring (bicyclic) bond motifs is 1. The second-order valence-electron chi connectivity index (χ2n) is 4.32. The van der Waals surface area contributed by atoms with Gasteiger partial charge in [-0.05, 0) is 26.0 Å². The standard InChI is InChI=1S/C13H13N5/c1-8-11(13-17-16-9(2)18(13)3)6-10-7-14-5-4-12(10)15-8/h4-7H,1-3H3. The Morgan fingerprint density at radius 1 is 1.17 bits per heavy atom. The predicted molar refractivity (Wildman–Crippen MR) is 69.0 cm³/mol. The van der Waals surface area contributed by atoms with Crippen LogP contribution in [0.25, 0.3) is 22.3 Å². The molecule has 0 unspecified atom stereocenters. The fourth-order valence-electron chi connectivity index (χ4n) is 1.98. The van der Waals surface area contributed by atoms with E-state index < -0.39 is 0 Å². The van der Waals surface area contributed by atoms with E-state index in [4.69, 9.17) is 0 Å². The van der Waals surface area contributed by atoms with E-state index in [0.717, 1.165) is 33.8 Å². The fourth-order valence-corrected chi connectivity index (χ4v) is 1.98. The van der Waals surface area contributed by atoms with E-state index in [9.17, 15) is 0 Å². The van der Waals surface area contributed by atoms with Crippen molar-refractivity contribution < 1.29 is 0 Å². The molecule has 0 spiro atoms. The van der Waals surface area contributed by atoms with Crippen molar-refractivity contribution in [1.29, 1.82) is 0 Å². The molecule has 18 heavy (non-hydrogen) atoms. The zero-order valence-corrected chi connectivity index (χ0v) is 10.5. The highest BCUT2D eigenvalue weighted by Crippen LogP contribution is 2.24. The highest BCUT2D eigenvalue weighted by Gasteiger charge is 2.12. The largest absolute Gasteiger partial charge is 0.314 e. The molecule has 0 aliphatic rings. The lowest BCUT2D eigenvalue weighted by Gasteiger charge is -2.06. The van der Waals surface area contributed by atoms with E-state index >= 15 is 0 Å². The van der Waals surface area contributed by atoms with Crippen LogP contribution in [-0.4, -0.2) is 24.7 Å². The smallest absolute Gasteiger partial charge is 0.165 e. The van der Waals surface area contributed by atoms with Crippen molar-refractivity contribution in [2.45, 2.75) is 13.8 Å². The summed E-state index contributed by atoms with van der Waals surface area (Å²) in [6.07, 6.45) is 3.56. The molecule has 0 saturated carbocycles. The van der Waals surface area contributed by atoms with Crippen LogP contribution >= 0.6 is 0 Å². The number of pyridine rings is 2. The van der Waals surface area contributed by atoms with Crippen molar-refractivity contribution in [3.05, 3.63) is 36.0 Å². The molecule has 0 radical (unpaired) electrons. The quantitative estimate of drug-likeness (QED) is 0.652. The first-order valence-corrected chi connectivity index (χ1v) is 5.74. The lowest BCUT2D eigenvalue weighted by Crippen LogP contribution is -1.98. The summed E-state index contributed by atoms with van der Waals surface area (Å²) < 4.78 is 1.96. The Morgan fingerprint density at radius 2 is 2.00 bits per heavy atom. The summed E-state index contributed by atoms with van der Waals surface area (Å²) in [4.78, 5) is 8.70. The molecule has 0 bridgehead atoms. The Kier molecular flexibility index (Phi) is 2.33. The summed E-state index contributed by atoms with van der Waals surface area (Å²) in [6, 6.07) is 3.97.